The molecule has 0 saturated carbocycles. The third kappa shape index (κ3) is 3.18. The van der Waals surface area contributed by atoms with Gasteiger partial charge in [0.1, 0.15) is 11.9 Å². The molecule has 0 N–H and O–H groups in total. The van der Waals surface area contributed by atoms with Crippen molar-refractivity contribution in [3.05, 3.63) is 77.0 Å². The summed E-state index contributed by atoms with van der Waals surface area (Å²) in [5, 5.41) is 9.38. The fraction of sp³-hybridized carbons (Fsp3) is 0.286. The lowest BCUT2D eigenvalue weighted by molar-refractivity contribution is 0.622. The topological polar surface area (TPSA) is 57.7 Å². The normalized spacial score (nSPS) is 13.3. The zero-order valence-corrected chi connectivity index (χ0v) is 14.9. The highest BCUT2D eigenvalue weighted by atomic mass is 15.2. The zero-order chi connectivity index (χ0) is 17.9. The molecule has 3 heterocycles. The second-order valence-electron chi connectivity index (χ2n) is 6.67. The predicted octanol–water partition coefficient (Wildman–Crippen LogP) is 3.26. The van der Waals surface area contributed by atoms with Gasteiger partial charge in [-0.05, 0) is 31.0 Å². The first-order valence-corrected chi connectivity index (χ1v) is 8.94. The first-order valence-electron chi connectivity index (χ1n) is 8.94. The highest BCUT2D eigenvalue weighted by Crippen LogP contribution is 2.25. The summed E-state index contributed by atoms with van der Waals surface area (Å²) in [6, 6.07) is 16.5. The Balaban J connectivity index is 1.52. The van der Waals surface area contributed by atoms with E-state index in [2.05, 4.69) is 49.8 Å². The van der Waals surface area contributed by atoms with Crippen LogP contribution >= 0.6 is 0 Å². The number of hydrogen-bond donors (Lipinski definition) is 0. The van der Waals surface area contributed by atoms with Gasteiger partial charge in [0.05, 0.1) is 24.1 Å². The van der Waals surface area contributed by atoms with Gasteiger partial charge in [0.15, 0.2) is 0 Å². The molecule has 0 bridgehead atoms. The van der Waals surface area contributed by atoms with E-state index in [0.717, 1.165) is 43.1 Å². The summed E-state index contributed by atoms with van der Waals surface area (Å²) in [5.41, 5.74) is 5.30. The maximum Gasteiger partial charge on any atom is 0.147 e. The molecule has 2 aromatic heterocycles. The minimum absolute atomic E-state index is 0.627. The van der Waals surface area contributed by atoms with E-state index < -0.39 is 0 Å². The van der Waals surface area contributed by atoms with Crippen molar-refractivity contribution >= 4 is 5.82 Å². The maximum atomic E-state index is 9.38. The smallest absolute Gasteiger partial charge is 0.147 e. The minimum atomic E-state index is 0.627. The van der Waals surface area contributed by atoms with Gasteiger partial charge in [0.2, 0.25) is 0 Å². The number of nitriles is 1. The number of anilines is 1. The third-order valence-electron chi connectivity index (χ3n) is 4.91. The summed E-state index contributed by atoms with van der Waals surface area (Å²) in [4.78, 5) is 11.4. The lowest BCUT2D eigenvalue weighted by Gasteiger charge is -2.29. The summed E-state index contributed by atoms with van der Waals surface area (Å²) >= 11 is 0. The van der Waals surface area contributed by atoms with Crippen molar-refractivity contribution in [3.63, 3.8) is 0 Å². The third-order valence-corrected chi connectivity index (χ3v) is 4.91. The van der Waals surface area contributed by atoms with E-state index in [1.54, 1.807) is 0 Å². The van der Waals surface area contributed by atoms with Gasteiger partial charge in [-0.1, -0.05) is 30.3 Å². The van der Waals surface area contributed by atoms with Gasteiger partial charge in [-0.2, -0.15) is 5.26 Å². The Labute approximate surface area is 153 Å². The van der Waals surface area contributed by atoms with Crippen molar-refractivity contribution in [1.29, 1.82) is 5.26 Å². The fourth-order valence-electron chi connectivity index (χ4n) is 3.51. The first kappa shape index (κ1) is 16.3. The van der Waals surface area contributed by atoms with E-state index in [9.17, 15) is 5.26 Å². The summed E-state index contributed by atoms with van der Waals surface area (Å²) in [6.45, 7) is 4.46. The highest BCUT2D eigenvalue weighted by Gasteiger charge is 2.23. The predicted molar refractivity (Wildman–Crippen MR) is 101 cm³/mol. The van der Waals surface area contributed by atoms with Crippen molar-refractivity contribution in [3.8, 4) is 6.07 Å². The number of fused-ring (bicyclic) bond motifs is 1. The van der Waals surface area contributed by atoms with Crippen molar-refractivity contribution < 1.29 is 0 Å². The van der Waals surface area contributed by atoms with Crippen molar-refractivity contribution in [2.75, 3.05) is 11.4 Å². The van der Waals surface area contributed by atoms with E-state index in [1.165, 1.54) is 11.3 Å². The SMILES string of the molecule is Cc1ccc(C#N)c(N2CCc3c(ncn3CCc3ccccc3)C2)n1. The molecule has 4 rings (SSSR count). The van der Waals surface area contributed by atoms with Crippen molar-refractivity contribution in [1.82, 2.24) is 14.5 Å². The van der Waals surface area contributed by atoms with E-state index in [0.29, 0.717) is 12.1 Å². The molecule has 130 valence electrons. The van der Waals surface area contributed by atoms with Crippen LogP contribution in [0.2, 0.25) is 0 Å². The van der Waals surface area contributed by atoms with E-state index >= 15 is 0 Å². The van der Waals surface area contributed by atoms with Crippen molar-refractivity contribution in [2.24, 2.45) is 0 Å². The summed E-state index contributed by atoms with van der Waals surface area (Å²) in [7, 11) is 0. The van der Waals surface area contributed by atoms with E-state index in [1.807, 2.05) is 31.5 Å². The lowest BCUT2D eigenvalue weighted by atomic mass is 10.1. The summed E-state index contributed by atoms with van der Waals surface area (Å²) < 4.78 is 2.27. The molecule has 0 aliphatic carbocycles. The van der Waals surface area contributed by atoms with E-state index in [4.69, 9.17) is 0 Å². The molecule has 1 aliphatic rings. The molecule has 0 saturated heterocycles. The molecule has 0 atom stereocenters. The van der Waals surface area contributed by atoms with Gasteiger partial charge in [0, 0.05) is 30.9 Å². The van der Waals surface area contributed by atoms with Crippen LogP contribution in [0.25, 0.3) is 0 Å². The van der Waals surface area contributed by atoms with Crippen LogP contribution in [0.4, 0.5) is 5.82 Å². The molecular formula is C21H21N5. The van der Waals surface area contributed by atoms with Crippen LogP contribution in [0.3, 0.4) is 0 Å². The summed E-state index contributed by atoms with van der Waals surface area (Å²) in [5.74, 6) is 0.775. The number of rotatable bonds is 4. The Morgan fingerprint density at radius 1 is 1.15 bits per heavy atom. The fourth-order valence-corrected chi connectivity index (χ4v) is 3.51. The lowest BCUT2D eigenvalue weighted by Crippen LogP contribution is -2.32. The minimum Gasteiger partial charge on any atom is -0.349 e. The molecule has 0 amide bonds. The molecule has 26 heavy (non-hydrogen) atoms. The van der Waals surface area contributed by atoms with Gasteiger partial charge in [-0.25, -0.2) is 9.97 Å². The van der Waals surface area contributed by atoms with Crippen LogP contribution in [0.1, 0.15) is 28.2 Å². The molecular weight excluding hydrogens is 322 g/mol. The second kappa shape index (κ2) is 7.01. The van der Waals surface area contributed by atoms with Crippen LogP contribution < -0.4 is 4.90 Å². The monoisotopic (exact) mass is 343 g/mol. The Hall–Kier alpha value is -3.13. The first-order chi connectivity index (χ1) is 12.7. The van der Waals surface area contributed by atoms with Crippen molar-refractivity contribution in [2.45, 2.75) is 32.9 Å². The van der Waals surface area contributed by atoms with Crippen LogP contribution in [0, 0.1) is 18.3 Å². The molecule has 0 unspecified atom stereocenters. The molecule has 5 heteroatoms. The van der Waals surface area contributed by atoms with Gasteiger partial charge >= 0.3 is 0 Å². The van der Waals surface area contributed by atoms with Crippen LogP contribution in [-0.4, -0.2) is 21.1 Å². The molecule has 1 aliphatic heterocycles. The largest absolute Gasteiger partial charge is 0.349 e. The van der Waals surface area contributed by atoms with Gasteiger partial charge in [0.25, 0.3) is 0 Å². The van der Waals surface area contributed by atoms with Crippen LogP contribution in [0.15, 0.2) is 48.8 Å². The zero-order valence-electron chi connectivity index (χ0n) is 14.9. The molecule has 0 radical (unpaired) electrons. The number of aromatic nitrogens is 3. The van der Waals surface area contributed by atoms with Crippen LogP contribution in [-0.2, 0) is 25.9 Å². The molecule has 3 aromatic rings. The van der Waals surface area contributed by atoms with Crippen LogP contribution in [0.5, 0.6) is 0 Å². The number of hydrogen-bond acceptors (Lipinski definition) is 4. The quantitative estimate of drug-likeness (QED) is 0.729. The average molecular weight is 343 g/mol. The Bertz CT molecular complexity index is 952. The number of pyridine rings is 1. The number of nitrogens with zero attached hydrogens (tertiary/aromatic N) is 5. The molecule has 0 spiro atoms. The maximum absolute atomic E-state index is 9.38. The Morgan fingerprint density at radius 3 is 2.81 bits per heavy atom. The Kier molecular flexibility index (Phi) is 4.40. The summed E-state index contributed by atoms with van der Waals surface area (Å²) in [6.07, 6.45) is 3.88. The molecule has 1 aromatic carbocycles. The van der Waals surface area contributed by atoms with Gasteiger partial charge in [-0.3, -0.25) is 0 Å². The van der Waals surface area contributed by atoms with Gasteiger partial charge < -0.3 is 9.47 Å². The van der Waals surface area contributed by atoms with E-state index in [-0.39, 0.29) is 0 Å². The second-order valence-corrected chi connectivity index (χ2v) is 6.67. The molecule has 0 fully saturated rings. The average Bonchev–Trinajstić information content (AvgIpc) is 3.09. The number of imidazole rings is 1. The molecule has 5 nitrogen and oxygen atoms in total. The van der Waals surface area contributed by atoms with Gasteiger partial charge in [-0.15, -0.1) is 0 Å². The standard InChI is InChI=1S/C21H21N5/c1-16-7-8-18(13-22)21(24-16)25-12-10-20-19(14-25)23-15-26(20)11-9-17-5-3-2-4-6-17/h2-8,15H,9-12,14H2,1H3. The number of aryl methyl sites for hydroxylation is 3. The Morgan fingerprint density at radius 2 is 2.00 bits per heavy atom. The number of benzene rings is 1. The highest BCUT2D eigenvalue weighted by molar-refractivity contribution is 5.55.